The Bertz CT molecular complexity index is 584. The molecule has 0 fully saturated rings. The van der Waals surface area contributed by atoms with Crippen LogP contribution in [0.2, 0.25) is 0 Å². The second kappa shape index (κ2) is 9.15. The molecule has 1 amide bonds. The summed E-state index contributed by atoms with van der Waals surface area (Å²) in [6, 6.07) is 5.34. The Kier molecular flexibility index (Phi) is 6.90. The van der Waals surface area contributed by atoms with E-state index in [0.29, 0.717) is 23.6 Å². The fraction of sp³-hybridized carbons (Fsp3) is 0.556. The number of ether oxygens (including phenoxy) is 3. The minimum absolute atomic E-state index is 0.0588. The number of carbonyl (C=O) groups excluding carboxylic acids is 1. The Labute approximate surface area is 143 Å². The number of carbonyl (C=O) groups is 1. The van der Waals surface area contributed by atoms with Crippen molar-refractivity contribution in [3.8, 4) is 11.5 Å². The van der Waals surface area contributed by atoms with Gasteiger partial charge in [-0.25, -0.2) is 4.99 Å². The van der Waals surface area contributed by atoms with Gasteiger partial charge in [-0.3, -0.25) is 10.1 Å². The molecule has 6 nitrogen and oxygen atoms in total. The Balaban J connectivity index is 1.97. The summed E-state index contributed by atoms with van der Waals surface area (Å²) < 4.78 is 16.2. The maximum Gasteiger partial charge on any atom is 0.291 e. The number of unbranched alkanes of at least 4 members (excludes halogenated alkanes) is 3. The minimum atomic E-state index is -0.277. The van der Waals surface area contributed by atoms with E-state index in [1.165, 1.54) is 12.8 Å². The van der Waals surface area contributed by atoms with Crippen molar-refractivity contribution in [2.75, 3.05) is 13.3 Å². The zero-order valence-electron chi connectivity index (χ0n) is 14.6. The first kappa shape index (κ1) is 18.1. The zero-order valence-corrected chi connectivity index (χ0v) is 14.6. The van der Waals surface area contributed by atoms with Gasteiger partial charge in [0.05, 0.1) is 6.10 Å². The predicted octanol–water partition coefficient (Wildman–Crippen LogP) is 3.51. The number of aliphatic imine (C=N–C) groups is 1. The van der Waals surface area contributed by atoms with Crippen LogP contribution >= 0.6 is 0 Å². The molecule has 1 aliphatic heterocycles. The second-order valence-electron chi connectivity index (χ2n) is 5.94. The van der Waals surface area contributed by atoms with Crippen LogP contribution in [0.1, 0.15) is 56.8 Å². The molecule has 1 aliphatic rings. The summed E-state index contributed by atoms with van der Waals surface area (Å²) in [6.45, 7) is 6.80. The Morgan fingerprint density at radius 2 is 2.04 bits per heavy atom. The first-order valence-corrected chi connectivity index (χ1v) is 8.52. The first-order valence-electron chi connectivity index (χ1n) is 8.52. The van der Waals surface area contributed by atoms with E-state index in [1.54, 1.807) is 18.2 Å². The maximum absolute atomic E-state index is 12.4. The van der Waals surface area contributed by atoms with Crippen molar-refractivity contribution < 1.29 is 19.0 Å². The van der Waals surface area contributed by atoms with Crippen molar-refractivity contribution in [1.29, 1.82) is 0 Å². The van der Waals surface area contributed by atoms with Crippen molar-refractivity contribution in [3.63, 3.8) is 0 Å². The fourth-order valence-electron chi connectivity index (χ4n) is 2.26. The molecule has 6 heteroatoms. The Hall–Kier alpha value is -2.24. The maximum atomic E-state index is 12.4. The average Bonchev–Trinajstić information content (AvgIpc) is 3.01. The van der Waals surface area contributed by atoms with Gasteiger partial charge in [-0.2, -0.15) is 0 Å². The lowest BCUT2D eigenvalue weighted by molar-refractivity contribution is 0.0959. The van der Waals surface area contributed by atoms with Crippen LogP contribution < -0.4 is 14.8 Å². The number of nitrogens with one attached hydrogen (secondary N) is 1. The van der Waals surface area contributed by atoms with Crippen LogP contribution in [0.15, 0.2) is 23.2 Å². The van der Waals surface area contributed by atoms with Gasteiger partial charge in [0, 0.05) is 12.1 Å². The molecule has 0 aromatic heterocycles. The number of hydrogen-bond donors (Lipinski definition) is 1. The lowest BCUT2D eigenvalue weighted by Gasteiger charge is -2.13. The van der Waals surface area contributed by atoms with Crippen molar-refractivity contribution in [3.05, 3.63) is 23.8 Å². The number of nitrogens with zero attached hydrogens (tertiary/aromatic N) is 1. The summed E-state index contributed by atoms with van der Waals surface area (Å²) in [5.74, 6) is 0.946. The summed E-state index contributed by atoms with van der Waals surface area (Å²) in [4.78, 5) is 16.8. The highest BCUT2D eigenvalue weighted by molar-refractivity contribution is 6.04. The van der Waals surface area contributed by atoms with Gasteiger partial charge in [0.1, 0.15) is 0 Å². The molecule has 0 atom stereocenters. The van der Waals surface area contributed by atoms with Crippen LogP contribution in [0.25, 0.3) is 0 Å². The molecular weight excluding hydrogens is 308 g/mol. The predicted molar refractivity (Wildman–Crippen MR) is 92.7 cm³/mol. The van der Waals surface area contributed by atoms with Gasteiger partial charge in [0.25, 0.3) is 11.9 Å². The summed E-state index contributed by atoms with van der Waals surface area (Å²) in [6.07, 6.45) is 4.43. The van der Waals surface area contributed by atoms with E-state index in [4.69, 9.17) is 14.2 Å². The summed E-state index contributed by atoms with van der Waals surface area (Å²) in [5, 5.41) is 2.74. The summed E-state index contributed by atoms with van der Waals surface area (Å²) in [7, 11) is 0. The van der Waals surface area contributed by atoms with E-state index < -0.39 is 0 Å². The number of hydrogen-bond acceptors (Lipinski definition) is 5. The number of amidine groups is 1. The molecule has 24 heavy (non-hydrogen) atoms. The van der Waals surface area contributed by atoms with Crippen molar-refractivity contribution in [2.24, 2.45) is 4.99 Å². The molecule has 1 aromatic rings. The molecule has 1 aromatic carbocycles. The highest BCUT2D eigenvalue weighted by Crippen LogP contribution is 2.32. The molecule has 0 saturated carbocycles. The number of rotatable bonds is 7. The van der Waals surface area contributed by atoms with Gasteiger partial charge in [-0.05, 0) is 38.5 Å². The van der Waals surface area contributed by atoms with E-state index >= 15 is 0 Å². The quantitative estimate of drug-likeness (QED) is 0.471. The number of benzene rings is 1. The second-order valence-corrected chi connectivity index (χ2v) is 5.94. The van der Waals surface area contributed by atoms with Crippen molar-refractivity contribution >= 4 is 11.9 Å². The number of amides is 1. The Morgan fingerprint density at radius 1 is 1.25 bits per heavy atom. The van der Waals surface area contributed by atoms with E-state index in [2.05, 4.69) is 17.2 Å². The molecule has 0 spiro atoms. The van der Waals surface area contributed by atoms with Crippen LogP contribution in [0.3, 0.4) is 0 Å². The lowest BCUT2D eigenvalue weighted by Crippen LogP contribution is -2.34. The third-order valence-corrected chi connectivity index (χ3v) is 3.47. The minimum Gasteiger partial charge on any atom is -0.462 e. The van der Waals surface area contributed by atoms with E-state index in [0.717, 1.165) is 12.8 Å². The van der Waals surface area contributed by atoms with Gasteiger partial charge in [0.15, 0.2) is 11.5 Å². The monoisotopic (exact) mass is 334 g/mol. The molecule has 0 bridgehead atoms. The Morgan fingerprint density at radius 3 is 2.79 bits per heavy atom. The zero-order chi connectivity index (χ0) is 17.4. The molecule has 132 valence electrons. The smallest absolute Gasteiger partial charge is 0.291 e. The molecule has 1 heterocycles. The molecule has 0 saturated heterocycles. The van der Waals surface area contributed by atoms with E-state index in [-0.39, 0.29) is 24.8 Å². The van der Waals surface area contributed by atoms with Gasteiger partial charge in [-0.15, -0.1) is 0 Å². The highest BCUT2D eigenvalue weighted by atomic mass is 16.7. The first-order chi connectivity index (χ1) is 11.6. The molecule has 1 N–H and O–H groups in total. The third kappa shape index (κ3) is 5.44. The summed E-state index contributed by atoms with van der Waals surface area (Å²) >= 11 is 0. The molecular formula is C18H26N2O4. The third-order valence-electron chi connectivity index (χ3n) is 3.47. The van der Waals surface area contributed by atoms with Crippen molar-refractivity contribution in [1.82, 2.24) is 5.32 Å². The van der Waals surface area contributed by atoms with Gasteiger partial charge < -0.3 is 14.2 Å². The van der Waals surface area contributed by atoms with Crippen LogP contribution in [-0.4, -0.2) is 31.4 Å². The van der Waals surface area contributed by atoms with Gasteiger partial charge in [-0.1, -0.05) is 26.2 Å². The number of fused-ring (bicyclic) bond motifs is 1. The molecule has 0 unspecified atom stereocenters. The van der Waals surface area contributed by atoms with E-state index in [9.17, 15) is 4.79 Å². The van der Waals surface area contributed by atoms with Gasteiger partial charge >= 0.3 is 0 Å². The lowest BCUT2D eigenvalue weighted by atomic mass is 10.2. The highest BCUT2D eigenvalue weighted by Gasteiger charge is 2.17. The molecule has 0 radical (unpaired) electrons. The average molecular weight is 334 g/mol. The van der Waals surface area contributed by atoms with Gasteiger partial charge in [0.2, 0.25) is 6.79 Å². The normalized spacial score (nSPS) is 13.2. The van der Waals surface area contributed by atoms with E-state index in [1.807, 2.05) is 13.8 Å². The largest absolute Gasteiger partial charge is 0.462 e. The van der Waals surface area contributed by atoms with Crippen LogP contribution in [0.5, 0.6) is 11.5 Å². The molecule has 0 aliphatic carbocycles. The molecule has 2 rings (SSSR count). The fourth-order valence-corrected chi connectivity index (χ4v) is 2.26. The van der Waals surface area contributed by atoms with Crippen LogP contribution in [0, 0.1) is 0 Å². The standard InChI is InChI=1S/C18H26N2O4/c1-4-5-6-7-10-19-18(24-13(2)3)20-17(21)14-8-9-15-16(11-14)23-12-22-15/h8-9,11,13H,4-7,10,12H2,1-3H3,(H,19,20,21). The van der Waals surface area contributed by atoms with Crippen LogP contribution in [0.4, 0.5) is 0 Å². The topological polar surface area (TPSA) is 69.2 Å². The van der Waals surface area contributed by atoms with Crippen LogP contribution in [-0.2, 0) is 4.74 Å². The SMILES string of the molecule is CCCCCCN=C(NC(=O)c1ccc2c(c1)OCO2)OC(C)C. The van der Waals surface area contributed by atoms with Crippen molar-refractivity contribution in [2.45, 2.75) is 52.6 Å². The summed E-state index contributed by atoms with van der Waals surface area (Å²) in [5.41, 5.74) is 0.477.